The number of benzene rings is 1. The maximum atomic E-state index is 14.6. The number of nitrogens with zero attached hydrogens (tertiary/aromatic N) is 6. The lowest BCUT2D eigenvalue weighted by Gasteiger charge is -2.46. The first-order valence-electron chi connectivity index (χ1n) is 10.7. The Kier molecular flexibility index (Phi) is 6.06. The molecular formula is C21H26ClF2N9O. The maximum Gasteiger partial charge on any atom is 0.368 e. The molecule has 10 nitrogen and oxygen atoms in total. The zero-order valence-corrected chi connectivity index (χ0v) is 20.2. The van der Waals surface area contributed by atoms with Crippen LogP contribution in [0.25, 0.3) is 5.69 Å². The Bertz CT molecular complexity index is 1270. The Morgan fingerprint density at radius 3 is 2.41 bits per heavy atom. The van der Waals surface area contributed by atoms with Gasteiger partial charge in [0.2, 0.25) is 5.95 Å². The van der Waals surface area contributed by atoms with Gasteiger partial charge in [-0.2, -0.15) is 14.3 Å². The predicted molar refractivity (Wildman–Crippen MR) is 125 cm³/mol. The summed E-state index contributed by atoms with van der Waals surface area (Å²) >= 11 is 6.38. The fourth-order valence-corrected chi connectivity index (χ4v) is 4.83. The predicted octanol–water partition coefficient (Wildman–Crippen LogP) is 3.15. The highest BCUT2D eigenvalue weighted by molar-refractivity contribution is 6.35. The van der Waals surface area contributed by atoms with Crippen molar-refractivity contribution in [1.29, 1.82) is 0 Å². The summed E-state index contributed by atoms with van der Waals surface area (Å²) in [5.74, 6) is -1.28. The summed E-state index contributed by atoms with van der Waals surface area (Å²) in [6.45, 7) is 8.40. The Morgan fingerprint density at radius 2 is 1.79 bits per heavy atom. The minimum atomic E-state index is -0.767. The van der Waals surface area contributed by atoms with Gasteiger partial charge >= 0.3 is 5.69 Å². The second kappa shape index (κ2) is 8.58. The summed E-state index contributed by atoms with van der Waals surface area (Å²) in [5.41, 5.74) is -1.02. The Balaban J connectivity index is 1.62. The van der Waals surface area contributed by atoms with E-state index in [0.717, 1.165) is 34.5 Å². The van der Waals surface area contributed by atoms with E-state index in [4.69, 9.17) is 11.6 Å². The highest BCUT2D eigenvalue weighted by Crippen LogP contribution is 2.33. The molecule has 0 radical (unpaired) electrons. The molecule has 34 heavy (non-hydrogen) atoms. The standard InChI is InChI=1S/C21H26ClF2N9O/c1-20(2)8-11(9-21(3,4)29-20)26-17-13(24)10-25-18(28-17)27-14-7-6-12(23)16(15(14)22)33-19(34)32(5)30-31-33/h6-7,10-11,29H,8-9H2,1-5H3,(H2,25,26,27,28). The first kappa shape index (κ1) is 24.0. The number of aryl methyl sites for hydroxylation is 1. The average molecular weight is 494 g/mol. The van der Waals surface area contributed by atoms with Crippen LogP contribution >= 0.6 is 11.6 Å². The van der Waals surface area contributed by atoms with Gasteiger partial charge in [-0.1, -0.05) is 11.6 Å². The molecule has 0 aliphatic carbocycles. The summed E-state index contributed by atoms with van der Waals surface area (Å²) in [4.78, 5) is 20.4. The van der Waals surface area contributed by atoms with Crippen molar-refractivity contribution in [2.75, 3.05) is 10.6 Å². The molecule has 3 heterocycles. The molecule has 3 aromatic rings. The van der Waals surface area contributed by atoms with E-state index >= 15 is 0 Å². The van der Waals surface area contributed by atoms with Crippen molar-refractivity contribution in [3.8, 4) is 5.69 Å². The number of tetrazole rings is 1. The zero-order chi connectivity index (χ0) is 24.8. The average Bonchev–Trinajstić information content (AvgIpc) is 3.03. The molecule has 0 bridgehead atoms. The molecule has 4 rings (SSSR count). The second-order valence-corrected chi connectivity index (χ2v) is 10.1. The monoisotopic (exact) mass is 493 g/mol. The molecule has 1 aliphatic rings. The van der Waals surface area contributed by atoms with Crippen LogP contribution in [0.15, 0.2) is 23.1 Å². The molecule has 182 valence electrons. The number of halogens is 3. The van der Waals surface area contributed by atoms with Crippen LogP contribution in [0.5, 0.6) is 0 Å². The SMILES string of the molecule is Cn1nnn(-c2c(F)ccc(Nc3ncc(F)c(NC4CC(C)(C)NC(C)(C)C4)n3)c2Cl)c1=O. The summed E-state index contributed by atoms with van der Waals surface area (Å²) in [7, 11) is 1.38. The van der Waals surface area contributed by atoms with Crippen LogP contribution in [0.4, 0.5) is 26.2 Å². The molecule has 2 aromatic heterocycles. The number of aromatic nitrogens is 6. The van der Waals surface area contributed by atoms with Crippen molar-refractivity contribution in [2.45, 2.75) is 57.7 Å². The first-order valence-corrected chi connectivity index (χ1v) is 11.1. The molecule has 0 unspecified atom stereocenters. The number of hydrogen-bond donors (Lipinski definition) is 3. The number of anilines is 3. The van der Waals surface area contributed by atoms with Gasteiger partial charge in [0, 0.05) is 24.2 Å². The molecule has 0 atom stereocenters. The summed E-state index contributed by atoms with van der Waals surface area (Å²) in [5, 5.41) is 16.7. The Labute approximate surface area is 199 Å². The van der Waals surface area contributed by atoms with E-state index in [9.17, 15) is 13.6 Å². The van der Waals surface area contributed by atoms with E-state index in [0.29, 0.717) is 0 Å². The van der Waals surface area contributed by atoms with E-state index < -0.39 is 17.3 Å². The van der Waals surface area contributed by atoms with Crippen LogP contribution in [-0.2, 0) is 7.05 Å². The van der Waals surface area contributed by atoms with Crippen LogP contribution in [-0.4, -0.2) is 46.9 Å². The van der Waals surface area contributed by atoms with Gasteiger partial charge in [-0.15, -0.1) is 0 Å². The maximum absolute atomic E-state index is 14.6. The van der Waals surface area contributed by atoms with Crippen molar-refractivity contribution in [1.82, 2.24) is 35.1 Å². The molecule has 0 spiro atoms. The van der Waals surface area contributed by atoms with Gasteiger partial charge in [-0.05, 0) is 63.1 Å². The van der Waals surface area contributed by atoms with Gasteiger partial charge in [-0.25, -0.2) is 18.6 Å². The van der Waals surface area contributed by atoms with Gasteiger partial charge in [-0.3, -0.25) is 0 Å². The molecular weight excluding hydrogens is 468 g/mol. The third-order valence-corrected chi connectivity index (χ3v) is 5.90. The lowest BCUT2D eigenvalue weighted by molar-refractivity contribution is 0.170. The highest BCUT2D eigenvalue weighted by Gasteiger charge is 2.38. The molecule has 1 aromatic carbocycles. The zero-order valence-electron chi connectivity index (χ0n) is 19.4. The Morgan fingerprint density at radius 1 is 1.12 bits per heavy atom. The van der Waals surface area contributed by atoms with Gasteiger partial charge in [0.1, 0.15) is 5.69 Å². The smallest absolute Gasteiger partial charge is 0.365 e. The Hall–Kier alpha value is -3.12. The summed E-state index contributed by atoms with van der Waals surface area (Å²) in [6.07, 6.45) is 2.58. The van der Waals surface area contributed by atoms with E-state index in [-0.39, 0.29) is 45.3 Å². The molecule has 0 amide bonds. The summed E-state index contributed by atoms with van der Waals surface area (Å²) in [6, 6.07) is 2.46. The molecule has 1 aliphatic heterocycles. The van der Waals surface area contributed by atoms with Crippen molar-refractivity contribution < 1.29 is 8.78 Å². The minimum Gasteiger partial charge on any atom is -0.365 e. The topological polar surface area (TPSA) is 115 Å². The van der Waals surface area contributed by atoms with Crippen LogP contribution in [0, 0.1) is 11.6 Å². The van der Waals surface area contributed by atoms with Crippen molar-refractivity contribution >= 4 is 29.1 Å². The lowest BCUT2D eigenvalue weighted by Crippen LogP contribution is -2.60. The first-order chi connectivity index (χ1) is 15.8. The van der Waals surface area contributed by atoms with E-state index in [2.05, 4.69) is 64.0 Å². The van der Waals surface area contributed by atoms with Crippen LogP contribution in [0.2, 0.25) is 5.02 Å². The minimum absolute atomic E-state index is 0.0203. The van der Waals surface area contributed by atoms with E-state index in [1.807, 2.05) is 0 Å². The number of piperidine rings is 1. The van der Waals surface area contributed by atoms with E-state index in [1.165, 1.54) is 13.1 Å². The quantitative estimate of drug-likeness (QED) is 0.496. The number of nitrogens with one attached hydrogen (secondary N) is 3. The van der Waals surface area contributed by atoms with Gasteiger partial charge in [0.05, 0.1) is 16.9 Å². The largest absolute Gasteiger partial charge is 0.368 e. The van der Waals surface area contributed by atoms with Crippen molar-refractivity contribution in [2.24, 2.45) is 7.05 Å². The molecule has 3 N–H and O–H groups in total. The van der Waals surface area contributed by atoms with Crippen LogP contribution < -0.4 is 21.6 Å². The van der Waals surface area contributed by atoms with Gasteiger partial charge < -0.3 is 16.0 Å². The number of rotatable bonds is 5. The van der Waals surface area contributed by atoms with Crippen molar-refractivity contribution in [3.05, 3.63) is 45.5 Å². The van der Waals surface area contributed by atoms with Crippen LogP contribution in [0.3, 0.4) is 0 Å². The number of hydrogen-bond acceptors (Lipinski definition) is 8. The molecule has 0 saturated carbocycles. The normalized spacial score (nSPS) is 17.5. The fourth-order valence-electron chi connectivity index (χ4n) is 4.55. The van der Waals surface area contributed by atoms with Crippen LogP contribution in [0.1, 0.15) is 40.5 Å². The van der Waals surface area contributed by atoms with Gasteiger partial charge in [0.15, 0.2) is 17.5 Å². The second-order valence-electron chi connectivity index (χ2n) is 9.71. The third-order valence-electron chi connectivity index (χ3n) is 5.52. The van der Waals surface area contributed by atoms with Crippen molar-refractivity contribution in [3.63, 3.8) is 0 Å². The fraction of sp³-hybridized carbons (Fsp3) is 0.476. The van der Waals surface area contributed by atoms with E-state index in [1.54, 1.807) is 0 Å². The van der Waals surface area contributed by atoms with Gasteiger partial charge in [0.25, 0.3) is 0 Å². The third kappa shape index (κ3) is 4.87. The molecule has 1 fully saturated rings. The molecule has 13 heteroatoms. The highest BCUT2D eigenvalue weighted by atomic mass is 35.5. The summed E-state index contributed by atoms with van der Waals surface area (Å²) < 4.78 is 30.7. The molecule has 1 saturated heterocycles. The lowest BCUT2D eigenvalue weighted by atomic mass is 9.79.